The highest BCUT2D eigenvalue weighted by Gasteiger charge is 2.14. The normalized spacial score (nSPS) is 13.8. The number of hydrogen-bond donors (Lipinski definition) is 2. The highest BCUT2D eigenvalue weighted by atomic mass is 32.2. The molecule has 2 N–H and O–H groups in total. The highest BCUT2D eigenvalue weighted by molar-refractivity contribution is 7.89. The van der Waals surface area contributed by atoms with Gasteiger partial charge in [-0.1, -0.05) is 27.2 Å². The molecule has 0 radical (unpaired) electrons. The van der Waals surface area contributed by atoms with Crippen LogP contribution >= 0.6 is 0 Å². The van der Waals surface area contributed by atoms with Crippen LogP contribution in [0.4, 0.5) is 0 Å². The molecule has 108 valence electrons. The third kappa shape index (κ3) is 9.41. The fourth-order valence-corrected chi connectivity index (χ4v) is 3.22. The first-order valence-electron chi connectivity index (χ1n) is 6.46. The second-order valence-electron chi connectivity index (χ2n) is 5.06. The van der Waals surface area contributed by atoms with E-state index < -0.39 is 16.0 Å². The van der Waals surface area contributed by atoms with Gasteiger partial charge in [0.15, 0.2) is 0 Å². The van der Waals surface area contributed by atoms with Gasteiger partial charge in [0.1, 0.15) is 0 Å². The quantitative estimate of drug-likeness (QED) is 0.639. The van der Waals surface area contributed by atoms with Gasteiger partial charge in [-0.2, -0.15) is 0 Å². The van der Waals surface area contributed by atoms with Crippen molar-refractivity contribution in [2.75, 3.05) is 12.3 Å². The fourth-order valence-electron chi connectivity index (χ4n) is 1.80. The second-order valence-corrected chi connectivity index (χ2v) is 6.92. The molecule has 6 heteroatoms. The average Bonchev–Trinajstić information content (AvgIpc) is 2.20. The van der Waals surface area contributed by atoms with Crippen LogP contribution in [0, 0.1) is 11.8 Å². The van der Waals surface area contributed by atoms with Gasteiger partial charge in [-0.05, 0) is 24.7 Å². The Morgan fingerprint density at radius 1 is 1.28 bits per heavy atom. The van der Waals surface area contributed by atoms with Crippen molar-refractivity contribution in [3.63, 3.8) is 0 Å². The Morgan fingerprint density at radius 2 is 1.89 bits per heavy atom. The lowest BCUT2D eigenvalue weighted by atomic mass is 9.97. The molecule has 0 aromatic carbocycles. The van der Waals surface area contributed by atoms with Crippen molar-refractivity contribution < 1.29 is 18.3 Å². The standard InChI is InChI=1S/C12H25NO4S/c1-4-11(5-6-12(14)15)7-8-13-18(16,17)9-10(2)3/h10-11,13H,4-9H2,1-3H3,(H,14,15). The molecule has 1 atom stereocenters. The molecule has 0 amide bonds. The zero-order valence-electron chi connectivity index (χ0n) is 11.5. The molecule has 0 saturated heterocycles. The van der Waals surface area contributed by atoms with E-state index in [0.29, 0.717) is 19.4 Å². The molecular formula is C12H25NO4S. The number of rotatable bonds is 10. The molecule has 5 nitrogen and oxygen atoms in total. The molecule has 0 aromatic rings. The smallest absolute Gasteiger partial charge is 0.303 e. The Kier molecular flexibility index (Phi) is 8.18. The van der Waals surface area contributed by atoms with Gasteiger partial charge in [0.25, 0.3) is 0 Å². The molecule has 0 aliphatic rings. The zero-order valence-corrected chi connectivity index (χ0v) is 12.3. The van der Waals surface area contributed by atoms with Crippen LogP contribution in [-0.2, 0) is 14.8 Å². The van der Waals surface area contributed by atoms with Gasteiger partial charge in [-0.25, -0.2) is 13.1 Å². The molecule has 18 heavy (non-hydrogen) atoms. The van der Waals surface area contributed by atoms with Gasteiger partial charge in [0.2, 0.25) is 10.0 Å². The summed E-state index contributed by atoms with van der Waals surface area (Å²) in [5, 5.41) is 8.60. The van der Waals surface area contributed by atoms with Gasteiger partial charge in [0.05, 0.1) is 5.75 Å². The minimum absolute atomic E-state index is 0.108. The largest absolute Gasteiger partial charge is 0.481 e. The molecule has 0 heterocycles. The Morgan fingerprint density at radius 3 is 2.33 bits per heavy atom. The maximum atomic E-state index is 11.6. The molecule has 1 unspecified atom stereocenters. The molecule has 0 aliphatic heterocycles. The molecular weight excluding hydrogens is 254 g/mol. The lowest BCUT2D eigenvalue weighted by Gasteiger charge is -2.14. The molecule has 0 rings (SSSR count). The maximum Gasteiger partial charge on any atom is 0.303 e. The number of nitrogens with one attached hydrogen (secondary N) is 1. The Labute approximate surface area is 110 Å². The van der Waals surface area contributed by atoms with Gasteiger partial charge in [0, 0.05) is 13.0 Å². The van der Waals surface area contributed by atoms with E-state index in [0.717, 1.165) is 6.42 Å². The van der Waals surface area contributed by atoms with Crippen LogP contribution in [0.2, 0.25) is 0 Å². The number of carboxylic acids is 1. The van der Waals surface area contributed by atoms with E-state index in [2.05, 4.69) is 4.72 Å². The first-order valence-corrected chi connectivity index (χ1v) is 8.11. The number of carboxylic acid groups (broad SMARTS) is 1. The van der Waals surface area contributed by atoms with Crippen LogP contribution in [0.25, 0.3) is 0 Å². The summed E-state index contributed by atoms with van der Waals surface area (Å²) in [6.45, 7) is 6.12. The summed E-state index contributed by atoms with van der Waals surface area (Å²) in [6.07, 6.45) is 2.33. The second kappa shape index (κ2) is 8.48. The van der Waals surface area contributed by atoms with E-state index in [1.165, 1.54) is 0 Å². The van der Waals surface area contributed by atoms with E-state index in [-0.39, 0.29) is 24.0 Å². The molecule has 0 saturated carbocycles. The van der Waals surface area contributed by atoms with Gasteiger partial charge in [-0.3, -0.25) is 4.79 Å². The SMILES string of the molecule is CCC(CCNS(=O)(=O)CC(C)C)CCC(=O)O. The van der Waals surface area contributed by atoms with Crippen molar-refractivity contribution in [3.05, 3.63) is 0 Å². The molecule has 0 spiro atoms. The van der Waals surface area contributed by atoms with Gasteiger partial charge >= 0.3 is 5.97 Å². The Hall–Kier alpha value is -0.620. The maximum absolute atomic E-state index is 11.6. The molecule has 0 aliphatic carbocycles. The molecule has 0 aromatic heterocycles. The van der Waals surface area contributed by atoms with Crippen LogP contribution in [0.5, 0.6) is 0 Å². The van der Waals surface area contributed by atoms with Crippen LogP contribution in [0.15, 0.2) is 0 Å². The average molecular weight is 279 g/mol. The van der Waals surface area contributed by atoms with Crippen LogP contribution in [0.3, 0.4) is 0 Å². The minimum atomic E-state index is -3.18. The van der Waals surface area contributed by atoms with Gasteiger partial charge in [-0.15, -0.1) is 0 Å². The highest BCUT2D eigenvalue weighted by Crippen LogP contribution is 2.14. The summed E-state index contributed by atoms with van der Waals surface area (Å²) in [6, 6.07) is 0. The first-order chi connectivity index (χ1) is 8.26. The van der Waals surface area contributed by atoms with E-state index in [4.69, 9.17) is 5.11 Å². The number of hydrogen-bond acceptors (Lipinski definition) is 3. The number of aliphatic carboxylic acids is 1. The van der Waals surface area contributed by atoms with E-state index in [1.54, 1.807) is 0 Å². The third-order valence-electron chi connectivity index (χ3n) is 2.77. The monoisotopic (exact) mass is 279 g/mol. The van der Waals surface area contributed by atoms with Crippen molar-refractivity contribution in [2.45, 2.75) is 46.5 Å². The fraction of sp³-hybridized carbons (Fsp3) is 0.917. The van der Waals surface area contributed by atoms with E-state index in [9.17, 15) is 13.2 Å². The van der Waals surface area contributed by atoms with Crippen LogP contribution < -0.4 is 4.72 Å². The lowest BCUT2D eigenvalue weighted by Crippen LogP contribution is -2.30. The predicted molar refractivity (Wildman–Crippen MR) is 71.9 cm³/mol. The predicted octanol–water partition coefficient (Wildman–Crippen LogP) is 1.84. The van der Waals surface area contributed by atoms with Crippen molar-refractivity contribution >= 4 is 16.0 Å². The van der Waals surface area contributed by atoms with Crippen molar-refractivity contribution in [3.8, 4) is 0 Å². The van der Waals surface area contributed by atoms with E-state index >= 15 is 0 Å². The van der Waals surface area contributed by atoms with Crippen molar-refractivity contribution in [1.29, 1.82) is 0 Å². The summed E-state index contributed by atoms with van der Waals surface area (Å²) in [4.78, 5) is 10.5. The summed E-state index contributed by atoms with van der Waals surface area (Å²) in [5.41, 5.74) is 0. The Bertz CT molecular complexity index is 338. The summed E-state index contributed by atoms with van der Waals surface area (Å²) in [7, 11) is -3.18. The molecule has 0 fully saturated rings. The zero-order chi connectivity index (χ0) is 14.2. The number of carbonyl (C=O) groups is 1. The Balaban J connectivity index is 3.96. The first kappa shape index (κ1) is 17.4. The van der Waals surface area contributed by atoms with Gasteiger partial charge < -0.3 is 5.11 Å². The summed E-state index contributed by atoms with van der Waals surface area (Å²) >= 11 is 0. The topological polar surface area (TPSA) is 83.5 Å². The summed E-state index contributed by atoms with van der Waals surface area (Å²) < 4.78 is 25.7. The van der Waals surface area contributed by atoms with Crippen molar-refractivity contribution in [2.24, 2.45) is 11.8 Å². The lowest BCUT2D eigenvalue weighted by molar-refractivity contribution is -0.137. The van der Waals surface area contributed by atoms with Crippen LogP contribution in [-0.4, -0.2) is 31.8 Å². The number of sulfonamides is 1. The third-order valence-corrected chi connectivity index (χ3v) is 4.52. The molecule has 0 bridgehead atoms. The summed E-state index contributed by atoms with van der Waals surface area (Å²) in [5.74, 6) is -0.285. The van der Waals surface area contributed by atoms with Crippen molar-refractivity contribution in [1.82, 2.24) is 4.72 Å². The van der Waals surface area contributed by atoms with E-state index in [1.807, 2.05) is 20.8 Å². The van der Waals surface area contributed by atoms with Crippen LogP contribution in [0.1, 0.15) is 46.5 Å². The minimum Gasteiger partial charge on any atom is -0.481 e.